The first-order valence-corrected chi connectivity index (χ1v) is 6.41. The lowest BCUT2D eigenvalue weighted by Crippen LogP contribution is -2.19. The minimum atomic E-state index is -0.910. The van der Waals surface area contributed by atoms with Crippen molar-refractivity contribution in [1.82, 2.24) is 5.32 Å². The molecule has 0 aliphatic rings. The highest BCUT2D eigenvalue weighted by molar-refractivity contribution is 5.88. The molecular weight excluding hydrogens is 256 g/mol. The molecule has 0 saturated heterocycles. The van der Waals surface area contributed by atoms with E-state index in [9.17, 15) is 9.59 Å². The topological polar surface area (TPSA) is 78.4 Å². The van der Waals surface area contributed by atoms with Crippen LogP contribution in [0, 0.1) is 0 Å². The fourth-order valence-corrected chi connectivity index (χ4v) is 1.68. The number of nitrogens with one attached hydrogen (secondary N) is 2. The van der Waals surface area contributed by atoms with Crippen LogP contribution in [-0.2, 0) is 9.59 Å². The highest BCUT2D eigenvalue weighted by Crippen LogP contribution is 2.17. The minimum Gasteiger partial charge on any atom is -0.478 e. The smallest absolute Gasteiger partial charge is 0.330 e. The van der Waals surface area contributed by atoms with Crippen molar-refractivity contribution in [1.29, 1.82) is 0 Å². The third-order valence-electron chi connectivity index (χ3n) is 2.88. The molecule has 0 spiro atoms. The van der Waals surface area contributed by atoms with E-state index in [1.54, 1.807) is 13.0 Å². The number of hydrogen-bond donors (Lipinski definition) is 3. The Morgan fingerprint density at radius 1 is 1.35 bits per heavy atom. The highest BCUT2D eigenvalue weighted by atomic mass is 16.4. The standard InChI is InChI=1S/C15H20N2O3/c1-10(15(19)20)7-8-16-11(2)13-5-4-6-14(9-13)17-12(3)18/h4-7,9,11,16H,8H2,1-3H3,(H,17,18)(H,19,20)/b10-7-. The third-order valence-corrected chi connectivity index (χ3v) is 2.88. The van der Waals surface area contributed by atoms with Crippen molar-refractivity contribution in [3.8, 4) is 0 Å². The Bertz CT molecular complexity index is 524. The molecule has 1 unspecified atom stereocenters. The van der Waals surface area contributed by atoms with E-state index in [4.69, 9.17) is 5.11 Å². The minimum absolute atomic E-state index is 0.0570. The summed E-state index contributed by atoms with van der Waals surface area (Å²) in [5.41, 5.74) is 2.09. The molecule has 1 atom stereocenters. The number of aliphatic carboxylic acids is 1. The molecular formula is C15H20N2O3. The summed E-state index contributed by atoms with van der Waals surface area (Å²) < 4.78 is 0. The number of carboxylic acids is 1. The van der Waals surface area contributed by atoms with Crippen LogP contribution in [0.15, 0.2) is 35.9 Å². The molecule has 5 nitrogen and oxygen atoms in total. The molecule has 0 heterocycles. The zero-order valence-corrected chi connectivity index (χ0v) is 11.9. The molecule has 1 aromatic rings. The molecule has 20 heavy (non-hydrogen) atoms. The summed E-state index contributed by atoms with van der Waals surface area (Å²) >= 11 is 0. The second-order valence-electron chi connectivity index (χ2n) is 4.63. The lowest BCUT2D eigenvalue weighted by Gasteiger charge is -2.14. The van der Waals surface area contributed by atoms with Gasteiger partial charge in [0.1, 0.15) is 0 Å². The van der Waals surface area contributed by atoms with Crippen molar-refractivity contribution >= 4 is 17.6 Å². The predicted molar refractivity (Wildman–Crippen MR) is 78.6 cm³/mol. The molecule has 0 aromatic heterocycles. The van der Waals surface area contributed by atoms with Crippen LogP contribution in [-0.4, -0.2) is 23.5 Å². The lowest BCUT2D eigenvalue weighted by molar-refractivity contribution is -0.132. The summed E-state index contributed by atoms with van der Waals surface area (Å²) in [6, 6.07) is 7.61. The van der Waals surface area contributed by atoms with Gasteiger partial charge in [-0.25, -0.2) is 4.79 Å². The van der Waals surface area contributed by atoms with Gasteiger partial charge in [0.05, 0.1) is 0 Å². The van der Waals surface area contributed by atoms with Crippen molar-refractivity contribution in [3.63, 3.8) is 0 Å². The van der Waals surface area contributed by atoms with Gasteiger partial charge in [-0.3, -0.25) is 4.79 Å². The average Bonchev–Trinajstić information content (AvgIpc) is 2.37. The fourth-order valence-electron chi connectivity index (χ4n) is 1.68. The maximum Gasteiger partial charge on any atom is 0.330 e. The van der Waals surface area contributed by atoms with Gasteiger partial charge in [0.2, 0.25) is 5.91 Å². The number of benzene rings is 1. The summed E-state index contributed by atoms with van der Waals surface area (Å²) in [6.07, 6.45) is 1.64. The summed E-state index contributed by atoms with van der Waals surface area (Å²) in [4.78, 5) is 21.7. The van der Waals surface area contributed by atoms with Crippen LogP contribution < -0.4 is 10.6 Å². The molecule has 0 saturated carbocycles. The quantitative estimate of drug-likeness (QED) is 0.697. The number of hydrogen-bond acceptors (Lipinski definition) is 3. The van der Waals surface area contributed by atoms with E-state index in [-0.39, 0.29) is 11.9 Å². The van der Waals surface area contributed by atoms with Crippen LogP contribution in [0.1, 0.15) is 32.4 Å². The van der Waals surface area contributed by atoms with Crippen LogP contribution in [0.5, 0.6) is 0 Å². The molecule has 0 aliphatic carbocycles. The number of carbonyl (C=O) groups excluding carboxylic acids is 1. The van der Waals surface area contributed by atoms with E-state index in [1.807, 2.05) is 31.2 Å². The Morgan fingerprint density at radius 3 is 2.65 bits per heavy atom. The largest absolute Gasteiger partial charge is 0.478 e. The first-order chi connectivity index (χ1) is 9.40. The second-order valence-corrected chi connectivity index (χ2v) is 4.63. The Hall–Kier alpha value is -2.14. The second kappa shape index (κ2) is 7.45. The van der Waals surface area contributed by atoms with Gasteiger partial charge in [-0.1, -0.05) is 18.2 Å². The Morgan fingerprint density at radius 2 is 2.05 bits per heavy atom. The molecule has 0 radical (unpaired) electrons. The number of carbonyl (C=O) groups is 2. The van der Waals surface area contributed by atoms with Crippen LogP contribution in [0.4, 0.5) is 5.69 Å². The van der Waals surface area contributed by atoms with Gasteiger partial charge in [-0.15, -0.1) is 0 Å². The number of carboxylic acid groups (broad SMARTS) is 1. The summed E-state index contributed by atoms with van der Waals surface area (Å²) in [7, 11) is 0. The first-order valence-electron chi connectivity index (χ1n) is 6.41. The molecule has 5 heteroatoms. The van der Waals surface area contributed by atoms with Crippen LogP contribution in [0.2, 0.25) is 0 Å². The summed E-state index contributed by atoms with van der Waals surface area (Å²) in [5, 5.41) is 14.7. The SMILES string of the molecule is CC(=O)Nc1cccc(C(C)NC/C=C(/C)C(=O)O)c1. The van der Waals surface area contributed by atoms with Crippen molar-refractivity contribution in [2.45, 2.75) is 26.8 Å². The number of amides is 1. The van der Waals surface area contributed by atoms with Crippen molar-refractivity contribution in [2.75, 3.05) is 11.9 Å². The third kappa shape index (κ3) is 5.24. The van der Waals surface area contributed by atoms with E-state index in [0.717, 1.165) is 11.3 Å². The van der Waals surface area contributed by atoms with Gasteiger partial charge in [0, 0.05) is 30.8 Å². The van der Waals surface area contributed by atoms with E-state index < -0.39 is 5.97 Å². The van der Waals surface area contributed by atoms with Gasteiger partial charge < -0.3 is 15.7 Å². The summed E-state index contributed by atoms with van der Waals surface area (Å²) in [5.74, 6) is -1.02. The molecule has 0 bridgehead atoms. The molecule has 0 fully saturated rings. The Kier molecular flexibility index (Phi) is 5.93. The average molecular weight is 276 g/mol. The maximum absolute atomic E-state index is 11.0. The van der Waals surface area contributed by atoms with Gasteiger partial charge in [0.25, 0.3) is 0 Å². The molecule has 1 aromatic carbocycles. The van der Waals surface area contributed by atoms with Crippen LogP contribution in [0.3, 0.4) is 0 Å². The maximum atomic E-state index is 11.0. The van der Waals surface area contributed by atoms with Crippen LogP contribution >= 0.6 is 0 Å². The van der Waals surface area contributed by atoms with E-state index >= 15 is 0 Å². The van der Waals surface area contributed by atoms with Crippen LogP contribution in [0.25, 0.3) is 0 Å². The predicted octanol–water partition coefficient (Wildman–Crippen LogP) is 2.33. The van der Waals surface area contributed by atoms with Gasteiger partial charge >= 0.3 is 5.97 Å². The molecule has 3 N–H and O–H groups in total. The lowest BCUT2D eigenvalue weighted by atomic mass is 10.1. The monoisotopic (exact) mass is 276 g/mol. The number of rotatable bonds is 6. The van der Waals surface area contributed by atoms with Gasteiger partial charge in [0.15, 0.2) is 0 Å². The molecule has 1 rings (SSSR count). The zero-order chi connectivity index (χ0) is 15.1. The zero-order valence-electron chi connectivity index (χ0n) is 11.9. The summed E-state index contributed by atoms with van der Waals surface area (Å²) in [6.45, 7) is 5.49. The van der Waals surface area contributed by atoms with Crippen molar-refractivity contribution in [2.24, 2.45) is 0 Å². The molecule has 108 valence electrons. The normalized spacial score (nSPS) is 12.8. The number of anilines is 1. The van der Waals surface area contributed by atoms with Crippen molar-refractivity contribution < 1.29 is 14.7 Å². The fraction of sp³-hybridized carbons (Fsp3) is 0.333. The Balaban J connectivity index is 2.63. The highest BCUT2D eigenvalue weighted by Gasteiger charge is 2.06. The van der Waals surface area contributed by atoms with E-state index in [2.05, 4.69) is 10.6 Å². The van der Waals surface area contributed by atoms with Gasteiger partial charge in [-0.2, -0.15) is 0 Å². The van der Waals surface area contributed by atoms with Crippen molar-refractivity contribution in [3.05, 3.63) is 41.5 Å². The van der Waals surface area contributed by atoms with E-state index in [0.29, 0.717) is 12.1 Å². The molecule has 0 aliphatic heterocycles. The molecule has 1 amide bonds. The van der Waals surface area contributed by atoms with Gasteiger partial charge in [-0.05, 0) is 31.5 Å². The first kappa shape index (κ1) is 15.9. The van der Waals surface area contributed by atoms with E-state index in [1.165, 1.54) is 6.92 Å². The Labute approximate surface area is 118 Å².